The van der Waals surface area contributed by atoms with Gasteiger partial charge in [-0.05, 0) is 64.7 Å². The number of hydrogen-bond acceptors (Lipinski definition) is 2. The summed E-state index contributed by atoms with van der Waals surface area (Å²) >= 11 is 1.75. The van der Waals surface area contributed by atoms with E-state index in [1.54, 1.807) is 11.3 Å². The van der Waals surface area contributed by atoms with Gasteiger partial charge in [-0.2, -0.15) is 0 Å². The molecular formula is C25H21NS. The smallest absolute Gasteiger partial charge is 0.0392 e. The van der Waals surface area contributed by atoms with Gasteiger partial charge in [0.05, 0.1) is 0 Å². The summed E-state index contributed by atoms with van der Waals surface area (Å²) in [5, 5.41) is 6.95. The van der Waals surface area contributed by atoms with Crippen molar-refractivity contribution in [1.82, 2.24) is 0 Å². The van der Waals surface area contributed by atoms with E-state index in [1.165, 1.54) is 26.8 Å². The molecule has 0 unspecified atom stereocenters. The Hall–Kier alpha value is -3.10. The van der Waals surface area contributed by atoms with Gasteiger partial charge in [0.2, 0.25) is 0 Å². The quantitative estimate of drug-likeness (QED) is 0.390. The maximum absolute atomic E-state index is 3.52. The second-order valence-corrected chi connectivity index (χ2v) is 7.40. The molecule has 4 aromatic rings. The average molecular weight is 368 g/mol. The monoisotopic (exact) mass is 367 g/mol. The molecule has 2 heteroatoms. The van der Waals surface area contributed by atoms with E-state index in [4.69, 9.17) is 0 Å². The van der Waals surface area contributed by atoms with Gasteiger partial charge in [-0.1, -0.05) is 66.7 Å². The largest absolute Gasteiger partial charge is 0.356 e. The molecule has 0 bridgehead atoms. The number of aryl methyl sites for hydroxylation is 1. The summed E-state index contributed by atoms with van der Waals surface area (Å²) in [7, 11) is 0. The van der Waals surface area contributed by atoms with E-state index in [-0.39, 0.29) is 0 Å². The predicted molar refractivity (Wildman–Crippen MR) is 119 cm³/mol. The zero-order chi connectivity index (χ0) is 18.5. The van der Waals surface area contributed by atoms with Gasteiger partial charge >= 0.3 is 0 Å². The van der Waals surface area contributed by atoms with Gasteiger partial charge in [-0.15, -0.1) is 11.3 Å². The van der Waals surface area contributed by atoms with E-state index in [1.807, 2.05) is 6.07 Å². The molecular weight excluding hydrogens is 346 g/mol. The lowest BCUT2D eigenvalue weighted by atomic mass is 10.1. The van der Waals surface area contributed by atoms with Crippen LogP contribution in [0.3, 0.4) is 0 Å². The first kappa shape index (κ1) is 17.3. The molecule has 0 aliphatic carbocycles. The van der Waals surface area contributed by atoms with Crippen LogP contribution in [0.15, 0.2) is 102 Å². The number of benzene rings is 3. The minimum absolute atomic E-state index is 1.07. The SMILES string of the molecule is Cc1ccc(Nc2ccc(-c3ccccc3)cc2)ccsc2ccccc12. The fraction of sp³-hybridized carbons (Fsp3) is 0.0400. The summed E-state index contributed by atoms with van der Waals surface area (Å²) in [5.41, 5.74) is 5.88. The predicted octanol–water partition coefficient (Wildman–Crippen LogP) is 7.74. The summed E-state index contributed by atoms with van der Waals surface area (Å²) in [6.07, 6.45) is 0. The zero-order valence-corrected chi connectivity index (χ0v) is 16.0. The van der Waals surface area contributed by atoms with Crippen molar-refractivity contribution < 1.29 is 0 Å². The maximum atomic E-state index is 3.52. The Morgan fingerprint density at radius 1 is 0.593 bits per heavy atom. The Labute approximate surface area is 164 Å². The molecule has 0 saturated carbocycles. The van der Waals surface area contributed by atoms with Gasteiger partial charge in [0, 0.05) is 16.1 Å². The molecule has 1 heterocycles. The molecule has 4 rings (SSSR count). The standard InChI is InChI=1S/C25H21NS/c1-19-11-14-23(17-18-27-25-10-6-5-9-24(19)25)26-22-15-12-21(13-16-22)20-7-3-2-4-8-20/h2-18,26H,1H3. The number of anilines is 2. The molecule has 0 spiro atoms. The topological polar surface area (TPSA) is 12.0 Å². The highest BCUT2D eigenvalue weighted by Crippen LogP contribution is 2.24. The third-order valence-electron chi connectivity index (χ3n) is 4.55. The van der Waals surface area contributed by atoms with Gasteiger partial charge in [-0.3, -0.25) is 0 Å². The molecule has 3 aromatic carbocycles. The Morgan fingerprint density at radius 2 is 1.22 bits per heavy atom. The molecule has 1 aromatic heterocycles. The van der Waals surface area contributed by atoms with Crippen molar-refractivity contribution in [3.63, 3.8) is 0 Å². The summed E-state index contributed by atoms with van der Waals surface area (Å²) in [5.74, 6) is 0. The normalized spacial score (nSPS) is 10.4. The molecule has 27 heavy (non-hydrogen) atoms. The lowest BCUT2D eigenvalue weighted by Crippen LogP contribution is -1.88. The third-order valence-corrected chi connectivity index (χ3v) is 5.43. The van der Waals surface area contributed by atoms with Crippen molar-refractivity contribution in [2.45, 2.75) is 6.92 Å². The fourth-order valence-corrected chi connectivity index (χ4v) is 3.94. The van der Waals surface area contributed by atoms with E-state index in [0.717, 1.165) is 11.4 Å². The van der Waals surface area contributed by atoms with Crippen molar-refractivity contribution in [2.75, 3.05) is 5.32 Å². The van der Waals surface area contributed by atoms with E-state index in [0.29, 0.717) is 0 Å². The minimum atomic E-state index is 1.07. The Morgan fingerprint density at radius 3 is 2.04 bits per heavy atom. The van der Waals surface area contributed by atoms with Crippen LogP contribution in [-0.4, -0.2) is 0 Å². The highest BCUT2D eigenvalue weighted by Gasteiger charge is 1.98. The summed E-state index contributed by atoms with van der Waals surface area (Å²) in [6.45, 7) is 2.16. The molecule has 0 saturated heterocycles. The van der Waals surface area contributed by atoms with Gasteiger partial charge in [-0.25, -0.2) is 0 Å². The van der Waals surface area contributed by atoms with Crippen molar-refractivity contribution >= 4 is 32.8 Å². The molecule has 0 radical (unpaired) electrons. The van der Waals surface area contributed by atoms with Gasteiger partial charge in [0.25, 0.3) is 0 Å². The van der Waals surface area contributed by atoms with Crippen molar-refractivity contribution in [2.24, 2.45) is 0 Å². The molecule has 0 atom stereocenters. The third kappa shape index (κ3) is 4.18. The van der Waals surface area contributed by atoms with Crippen LogP contribution in [0.4, 0.5) is 11.4 Å². The number of hydrogen-bond donors (Lipinski definition) is 1. The van der Waals surface area contributed by atoms with Gasteiger partial charge in [0.1, 0.15) is 0 Å². The van der Waals surface area contributed by atoms with Crippen LogP contribution in [-0.2, 0) is 0 Å². The van der Waals surface area contributed by atoms with Crippen molar-refractivity contribution in [3.05, 3.63) is 108 Å². The zero-order valence-electron chi connectivity index (χ0n) is 15.2. The molecule has 0 aliphatic rings. The second-order valence-electron chi connectivity index (χ2n) is 6.46. The van der Waals surface area contributed by atoms with E-state index in [9.17, 15) is 0 Å². The summed E-state index contributed by atoms with van der Waals surface area (Å²) < 4.78 is 1.28. The first-order valence-corrected chi connectivity index (χ1v) is 9.91. The van der Waals surface area contributed by atoms with E-state index < -0.39 is 0 Å². The minimum Gasteiger partial charge on any atom is -0.356 e. The van der Waals surface area contributed by atoms with Crippen LogP contribution in [0, 0.1) is 6.92 Å². The lowest BCUT2D eigenvalue weighted by molar-refractivity contribution is 1.52. The lowest BCUT2D eigenvalue weighted by Gasteiger charge is -2.07. The number of fused-ring (bicyclic) bond motifs is 1. The van der Waals surface area contributed by atoms with E-state index in [2.05, 4.69) is 109 Å². The summed E-state index contributed by atoms with van der Waals surface area (Å²) in [6, 6.07) is 34.0. The Bertz CT molecular complexity index is 1090. The Balaban J connectivity index is 1.64. The highest BCUT2D eigenvalue weighted by molar-refractivity contribution is 7.16. The molecule has 0 fully saturated rings. The van der Waals surface area contributed by atoms with Crippen LogP contribution in [0.5, 0.6) is 0 Å². The van der Waals surface area contributed by atoms with Crippen molar-refractivity contribution in [1.29, 1.82) is 0 Å². The molecule has 132 valence electrons. The van der Waals surface area contributed by atoms with Gasteiger partial charge < -0.3 is 5.32 Å². The molecule has 1 nitrogen and oxygen atoms in total. The second kappa shape index (κ2) is 8.07. The van der Waals surface area contributed by atoms with Crippen LogP contribution < -0.4 is 5.32 Å². The van der Waals surface area contributed by atoms with E-state index >= 15 is 0 Å². The van der Waals surface area contributed by atoms with Crippen LogP contribution in [0.2, 0.25) is 0 Å². The fourth-order valence-electron chi connectivity index (χ4n) is 3.06. The Kier molecular flexibility index (Phi) is 5.17. The number of rotatable bonds is 3. The number of nitrogens with one attached hydrogen (secondary N) is 1. The molecule has 1 N–H and O–H groups in total. The molecule has 0 aliphatic heterocycles. The maximum Gasteiger partial charge on any atom is 0.0392 e. The van der Waals surface area contributed by atoms with Crippen molar-refractivity contribution in [3.8, 4) is 11.1 Å². The van der Waals surface area contributed by atoms with Crippen LogP contribution in [0.1, 0.15) is 5.56 Å². The first-order chi connectivity index (χ1) is 13.3. The van der Waals surface area contributed by atoms with Crippen LogP contribution in [0.25, 0.3) is 21.2 Å². The first-order valence-electron chi connectivity index (χ1n) is 9.03. The molecule has 0 amide bonds. The highest BCUT2D eigenvalue weighted by atomic mass is 32.1. The average Bonchev–Trinajstić information content (AvgIpc) is 2.80. The van der Waals surface area contributed by atoms with Crippen LogP contribution >= 0.6 is 11.3 Å². The van der Waals surface area contributed by atoms with Gasteiger partial charge in [0.15, 0.2) is 0 Å². The summed E-state index contributed by atoms with van der Waals surface area (Å²) in [4.78, 5) is 0.